The molecular weight excluding hydrogens is 450 g/mol. The first-order valence-corrected chi connectivity index (χ1v) is 9.96. The minimum absolute atomic E-state index is 0.121. The third-order valence-electron chi connectivity index (χ3n) is 4.36. The maximum atomic E-state index is 12.1. The summed E-state index contributed by atoms with van der Waals surface area (Å²) < 4.78 is 2.48. The smallest absolute Gasteiger partial charge is 0.283 e. The van der Waals surface area contributed by atoms with Gasteiger partial charge in [-0.1, -0.05) is 34.1 Å². The molecule has 2 N–H and O–H groups in total. The van der Waals surface area contributed by atoms with Gasteiger partial charge in [-0.15, -0.1) is 10.2 Å². The van der Waals surface area contributed by atoms with E-state index >= 15 is 0 Å². The zero-order valence-corrected chi connectivity index (χ0v) is 17.5. The van der Waals surface area contributed by atoms with Gasteiger partial charge in [0.2, 0.25) is 5.88 Å². The Bertz CT molecular complexity index is 1150. The number of aromatic hydroxyl groups is 1. The van der Waals surface area contributed by atoms with Crippen LogP contribution in [0.2, 0.25) is 0 Å². The molecule has 1 heterocycles. The van der Waals surface area contributed by atoms with E-state index < -0.39 is 11.8 Å². The van der Waals surface area contributed by atoms with E-state index in [0.29, 0.717) is 30.3 Å². The highest BCUT2D eigenvalue weighted by atomic mass is 79.9. The van der Waals surface area contributed by atoms with Gasteiger partial charge in [0.05, 0.1) is 11.6 Å². The molecule has 0 aliphatic carbocycles. The van der Waals surface area contributed by atoms with Gasteiger partial charge in [0.15, 0.2) is 5.69 Å². The van der Waals surface area contributed by atoms with E-state index in [2.05, 4.69) is 37.5 Å². The van der Waals surface area contributed by atoms with Crippen molar-refractivity contribution in [2.45, 2.75) is 19.4 Å². The van der Waals surface area contributed by atoms with Crippen molar-refractivity contribution in [3.05, 3.63) is 58.6 Å². The second-order valence-corrected chi connectivity index (χ2v) is 7.30. The number of aryl methyl sites for hydroxylation is 1. The Morgan fingerprint density at radius 2 is 1.90 bits per heavy atom. The summed E-state index contributed by atoms with van der Waals surface area (Å²) in [5, 5.41) is 30.0. The van der Waals surface area contributed by atoms with Gasteiger partial charge >= 0.3 is 0 Å². The van der Waals surface area contributed by atoms with Gasteiger partial charge in [-0.25, -0.2) is 0 Å². The predicted octanol–water partition coefficient (Wildman–Crippen LogP) is 4.45. The first-order valence-electron chi connectivity index (χ1n) is 9.16. The minimum atomic E-state index is -0.652. The molecule has 0 atom stereocenters. The van der Waals surface area contributed by atoms with Gasteiger partial charge in [-0.3, -0.25) is 9.59 Å². The average Bonchev–Trinajstić information content (AvgIpc) is 3.02. The van der Waals surface area contributed by atoms with E-state index in [1.54, 1.807) is 41.0 Å². The Balaban J connectivity index is 1.71. The van der Waals surface area contributed by atoms with E-state index in [4.69, 9.17) is 5.26 Å². The average molecular weight is 468 g/mol. The first-order chi connectivity index (χ1) is 14.5. The van der Waals surface area contributed by atoms with Crippen LogP contribution in [0.4, 0.5) is 5.69 Å². The van der Waals surface area contributed by atoms with Crippen LogP contribution >= 0.6 is 15.9 Å². The number of fused-ring (bicyclic) bond motifs is 1. The van der Waals surface area contributed by atoms with E-state index in [9.17, 15) is 14.7 Å². The number of rotatable bonds is 7. The number of unbranched alkanes of at least 4 members (excludes halogenated alkanes) is 1. The van der Waals surface area contributed by atoms with Crippen molar-refractivity contribution < 1.29 is 14.7 Å². The number of hydrogen-bond donors (Lipinski definition) is 2. The number of nitriles is 1. The van der Waals surface area contributed by atoms with E-state index in [1.807, 2.05) is 12.1 Å². The van der Waals surface area contributed by atoms with Gasteiger partial charge in [-0.05, 0) is 36.8 Å². The van der Waals surface area contributed by atoms with Gasteiger partial charge in [0, 0.05) is 28.4 Å². The Morgan fingerprint density at radius 3 is 2.63 bits per heavy atom. The summed E-state index contributed by atoms with van der Waals surface area (Å²) in [5.41, 5.74) is 1.33. The summed E-state index contributed by atoms with van der Waals surface area (Å²) in [5.74, 6) is -1.17. The van der Waals surface area contributed by atoms with Crippen molar-refractivity contribution in [2.75, 3.05) is 6.54 Å². The second-order valence-electron chi connectivity index (χ2n) is 6.39. The fraction of sp³-hybridized carbons (Fsp3) is 0.190. The fourth-order valence-corrected chi connectivity index (χ4v) is 3.18. The maximum absolute atomic E-state index is 12.1. The van der Waals surface area contributed by atoms with E-state index in [0.717, 1.165) is 9.99 Å². The number of benzene rings is 2. The lowest BCUT2D eigenvalue weighted by molar-refractivity contribution is -0.117. The zero-order valence-electron chi connectivity index (χ0n) is 15.9. The van der Waals surface area contributed by atoms with Crippen molar-refractivity contribution in [3.63, 3.8) is 0 Å². The number of aromatic nitrogens is 1. The number of carbonyl (C=O) groups is 2. The molecule has 0 aliphatic heterocycles. The maximum Gasteiger partial charge on any atom is 0.283 e. The third-order valence-corrected chi connectivity index (χ3v) is 4.88. The molecule has 0 saturated heterocycles. The molecule has 0 spiro atoms. The van der Waals surface area contributed by atoms with Crippen LogP contribution < -0.4 is 5.32 Å². The van der Waals surface area contributed by atoms with Crippen molar-refractivity contribution in [3.8, 4) is 11.9 Å². The topological polar surface area (TPSA) is 120 Å². The molecule has 1 aromatic heterocycles. The lowest BCUT2D eigenvalue weighted by Gasteiger charge is -2.04. The Hall–Kier alpha value is -3.51. The molecule has 0 unspecified atom stereocenters. The van der Waals surface area contributed by atoms with Crippen LogP contribution in [0.1, 0.15) is 23.2 Å². The van der Waals surface area contributed by atoms with Crippen molar-refractivity contribution in [1.29, 1.82) is 5.26 Å². The molecule has 0 fully saturated rings. The molecule has 0 saturated carbocycles. The fourth-order valence-electron chi connectivity index (χ4n) is 2.91. The summed E-state index contributed by atoms with van der Waals surface area (Å²) in [6.45, 7) is 0.118. The van der Waals surface area contributed by atoms with Crippen molar-refractivity contribution in [2.24, 2.45) is 10.2 Å². The molecule has 8 nitrogen and oxygen atoms in total. The molecule has 152 valence electrons. The van der Waals surface area contributed by atoms with Gasteiger partial charge in [0.25, 0.3) is 11.8 Å². The van der Waals surface area contributed by atoms with Crippen LogP contribution in [0.15, 0.2) is 63.2 Å². The Kier molecular flexibility index (Phi) is 6.93. The summed E-state index contributed by atoms with van der Waals surface area (Å²) in [6.07, 6.45) is 0.930. The van der Waals surface area contributed by atoms with Crippen molar-refractivity contribution in [1.82, 2.24) is 9.88 Å². The second kappa shape index (κ2) is 9.80. The SMILES string of the molecule is N#CCCCn1c(O)c(N=NC(=O)CNC(=O)c2ccc(Br)cc2)c2ccccc21. The highest BCUT2D eigenvalue weighted by Crippen LogP contribution is 2.38. The zero-order chi connectivity index (χ0) is 21.5. The number of carbonyl (C=O) groups excluding carboxylic acids is 2. The molecule has 0 bridgehead atoms. The molecule has 3 aromatic rings. The predicted molar refractivity (Wildman–Crippen MR) is 114 cm³/mol. The van der Waals surface area contributed by atoms with Gasteiger partial charge < -0.3 is 15.0 Å². The molecule has 30 heavy (non-hydrogen) atoms. The lowest BCUT2D eigenvalue weighted by Crippen LogP contribution is -2.28. The highest BCUT2D eigenvalue weighted by Gasteiger charge is 2.16. The van der Waals surface area contributed by atoms with E-state index in [1.165, 1.54) is 0 Å². The normalized spacial score (nSPS) is 10.9. The first kappa shape index (κ1) is 21.2. The molecule has 2 aromatic carbocycles. The van der Waals surface area contributed by atoms with Crippen LogP contribution in [-0.2, 0) is 11.3 Å². The largest absolute Gasteiger partial charge is 0.493 e. The molecule has 9 heteroatoms. The van der Waals surface area contributed by atoms with Crippen molar-refractivity contribution >= 4 is 44.3 Å². The highest BCUT2D eigenvalue weighted by molar-refractivity contribution is 9.10. The Labute approximate surface area is 181 Å². The lowest BCUT2D eigenvalue weighted by atomic mass is 10.2. The van der Waals surface area contributed by atoms with Crippen LogP contribution in [0, 0.1) is 11.3 Å². The van der Waals surface area contributed by atoms with Gasteiger partial charge in [-0.2, -0.15) is 5.26 Å². The number of nitrogens with zero attached hydrogens (tertiary/aromatic N) is 4. The van der Waals surface area contributed by atoms with E-state index in [-0.39, 0.29) is 18.1 Å². The van der Waals surface area contributed by atoms with Gasteiger partial charge in [0.1, 0.15) is 6.54 Å². The molecule has 3 rings (SSSR count). The van der Waals surface area contributed by atoms with Crippen LogP contribution in [0.3, 0.4) is 0 Å². The number of hydrogen-bond acceptors (Lipinski definition) is 5. The quantitative estimate of drug-likeness (QED) is 0.393. The summed E-state index contributed by atoms with van der Waals surface area (Å²) in [7, 11) is 0. The summed E-state index contributed by atoms with van der Waals surface area (Å²) >= 11 is 3.29. The third kappa shape index (κ3) is 4.90. The van der Waals surface area contributed by atoms with Crippen LogP contribution in [0.5, 0.6) is 5.88 Å². The molecule has 2 amide bonds. The molecular formula is C21H18BrN5O3. The standard InChI is InChI=1S/C21H18BrN5O3/c22-15-9-7-14(8-10-15)20(29)24-13-18(28)25-26-19-16-5-1-2-6-17(16)27(21(19)30)12-4-3-11-23/h1-2,5-10,30H,3-4,12-13H2,(H,24,29). The number of nitrogens with one attached hydrogen (secondary N) is 1. The summed E-state index contributed by atoms with van der Waals surface area (Å²) in [4.78, 5) is 24.1. The number of para-hydroxylation sites is 1. The monoisotopic (exact) mass is 467 g/mol. The minimum Gasteiger partial charge on any atom is -0.493 e. The molecule has 0 radical (unpaired) electrons. The number of azo groups is 1. The van der Waals surface area contributed by atoms with Crippen LogP contribution in [0.25, 0.3) is 10.9 Å². The summed E-state index contributed by atoms with van der Waals surface area (Å²) in [6, 6.07) is 16.0. The Morgan fingerprint density at radius 1 is 1.17 bits per heavy atom. The molecule has 0 aliphatic rings. The number of halogens is 1. The number of amides is 2. The van der Waals surface area contributed by atoms with Crippen LogP contribution in [-0.4, -0.2) is 28.0 Å².